The van der Waals surface area contributed by atoms with Crippen LogP contribution in [0.4, 0.5) is 0 Å². The number of benzene rings is 2. The highest BCUT2D eigenvalue weighted by atomic mass is 32.2. The monoisotopic (exact) mass is 439 g/mol. The number of sulfonamides is 1. The van der Waals surface area contributed by atoms with Crippen LogP contribution in [0, 0.1) is 6.92 Å². The molecule has 0 bridgehead atoms. The Hall–Kier alpha value is -2.61. The van der Waals surface area contributed by atoms with Gasteiger partial charge in [0, 0.05) is 38.6 Å². The maximum atomic E-state index is 13.1. The number of nitrogens with zero attached hydrogens (tertiary/aromatic N) is 2. The predicted octanol–water partition coefficient (Wildman–Crippen LogP) is 3.42. The minimum Gasteiger partial charge on any atom is -0.497 e. The van der Waals surface area contributed by atoms with Crippen LogP contribution >= 0.6 is 0 Å². The molecule has 0 radical (unpaired) electrons. The van der Waals surface area contributed by atoms with Gasteiger partial charge in [-0.05, 0) is 60.4 Å². The van der Waals surface area contributed by atoms with Crippen LogP contribution in [0.25, 0.3) is 0 Å². The minimum atomic E-state index is -3.66. The lowest BCUT2D eigenvalue weighted by Crippen LogP contribution is -2.41. The number of nitrogens with one attached hydrogen (secondary N) is 1. The van der Waals surface area contributed by atoms with Gasteiger partial charge >= 0.3 is 0 Å². The Morgan fingerprint density at radius 3 is 2.55 bits per heavy atom. The molecular formula is C24H29N3O3S. The van der Waals surface area contributed by atoms with Gasteiger partial charge in [0.2, 0.25) is 10.0 Å². The summed E-state index contributed by atoms with van der Waals surface area (Å²) < 4.78 is 36.4. The zero-order valence-corrected chi connectivity index (χ0v) is 19.0. The van der Waals surface area contributed by atoms with Crippen molar-refractivity contribution < 1.29 is 13.2 Å². The second kappa shape index (κ2) is 8.86. The molecule has 0 fully saturated rings. The number of methoxy groups -OCH3 is 1. The van der Waals surface area contributed by atoms with Gasteiger partial charge < -0.3 is 9.30 Å². The topological polar surface area (TPSA) is 63.6 Å². The standard InChI is InChI=1S/C24H29N3O3S/c1-18-15-21(30-3)10-11-24(18)31(28,29)25-16-23(22-9-6-13-26(22)2)27-14-12-19-7-4-5-8-20(19)17-27/h4-11,13,15,23,25H,12,14,16-17H2,1-3H3/t23-/m1/s1. The lowest BCUT2D eigenvalue weighted by Gasteiger charge is -2.36. The first-order chi connectivity index (χ1) is 14.9. The number of aryl methyl sites for hydroxylation is 2. The fourth-order valence-electron chi connectivity index (χ4n) is 4.34. The predicted molar refractivity (Wildman–Crippen MR) is 122 cm³/mol. The molecule has 1 aliphatic heterocycles. The SMILES string of the molecule is COc1ccc(S(=O)(=O)NC[C@H](c2cccn2C)N2CCc3ccccc3C2)c(C)c1. The summed E-state index contributed by atoms with van der Waals surface area (Å²) in [6, 6.07) is 17.5. The lowest BCUT2D eigenvalue weighted by atomic mass is 9.98. The Morgan fingerprint density at radius 2 is 1.87 bits per heavy atom. The highest BCUT2D eigenvalue weighted by Crippen LogP contribution is 2.28. The van der Waals surface area contributed by atoms with Gasteiger partial charge in [0.05, 0.1) is 18.0 Å². The third-order valence-electron chi connectivity index (χ3n) is 6.06. The summed E-state index contributed by atoms with van der Waals surface area (Å²) in [6.07, 6.45) is 2.96. The van der Waals surface area contributed by atoms with E-state index in [9.17, 15) is 8.42 Å². The van der Waals surface area contributed by atoms with Crippen LogP contribution in [0.3, 0.4) is 0 Å². The number of rotatable bonds is 7. The molecular weight excluding hydrogens is 410 g/mol. The van der Waals surface area contributed by atoms with E-state index >= 15 is 0 Å². The fraction of sp³-hybridized carbons (Fsp3) is 0.333. The molecule has 1 atom stereocenters. The van der Waals surface area contributed by atoms with E-state index in [0.717, 1.165) is 25.2 Å². The second-order valence-corrected chi connectivity index (χ2v) is 9.77. The van der Waals surface area contributed by atoms with Gasteiger partial charge in [0.1, 0.15) is 5.75 Å². The zero-order valence-electron chi connectivity index (χ0n) is 18.2. The van der Waals surface area contributed by atoms with Gasteiger partial charge in [-0.15, -0.1) is 0 Å². The van der Waals surface area contributed by atoms with Gasteiger partial charge in [-0.25, -0.2) is 13.1 Å². The molecule has 0 saturated carbocycles. The molecule has 31 heavy (non-hydrogen) atoms. The molecule has 1 N–H and O–H groups in total. The van der Waals surface area contributed by atoms with Crippen LogP contribution in [0.5, 0.6) is 5.75 Å². The second-order valence-electron chi connectivity index (χ2n) is 8.03. The molecule has 0 aliphatic carbocycles. The van der Waals surface area contributed by atoms with E-state index < -0.39 is 10.0 Å². The van der Waals surface area contributed by atoms with E-state index in [1.807, 2.05) is 19.3 Å². The van der Waals surface area contributed by atoms with Crippen molar-refractivity contribution in [2.75, 3.05) is 20.2 Å². The Bertz CT molecular complexity index is 1170. The molecule has 6 nitrogen and oxygen atoms in total. The van der Waals surface area contributed by atoms with Crippen molar-refractivity contribution in [2.45, 2.75) is 30.8 Å². The number of ether oxygens (including phenoxy) is 1. The molecule has 2 heterocycles. The molecule has 0 amide bonds. The van der Waals surface area contributed by atoms with Gasteiger partial charge in [-0.3, -0.25) is 4.90 Å². The Balaban J connectivity index is 1.58. The molecule has 3 aromatic rings. The summed E-state index contributed by atoms with van der Waals surface area (Å²) in [4.78, 5) is 2.64. The first kappa shape index (κ1) is 21.6. The van der Waals surface area contributed by atoms with Crippen molar-refractivity contribution in [1.82, 2.24) is 14.2 Å². The number of fused-ring (bicyclic) bond motifs is 1. The van der Waals surface area contributed by atoms with E-state index in [1.54, 1.807) is 32.2 Å². The van der Waals surface area contributed by atoms with Crippen molar-refractivity contribution in [2.24, 2.45) is 7.05 Å². The van der Waals surface area contributed by atoms with Gasteiger partial charge in [0.25, 0.3) is 0 Å². The lowest BCUT2D eigenvalue weighted by molar-refractivity contribution is 0.174. The fourth-order valence-corrected chi connectivity index (χ4v) is 5.60. The quantitative estimate of drug-likeness (QED) is 0.613. The van der Waals surface area contributed by atoms with Crippen LogP contribution in [0.1, 0.15) is 28.4 Å². The number of hydrogen-bond donors (Lipinski definition) is 1. The summed E-state index contributed by atoms with van der Waals surface area (Å²) in [5.74, 6) is 0.644. The van der Waals surface area contributed by atoms with E-state index in [2.05, 4.69) is 44.5 Å². The van der Waals surface area contributed by atoms with E-state index in [4.69, 9.17) is 4.74 Å². The van der Waals surface area contributed by atoms with Crippen LogP contribution in [0.15, 0.2) is 65.7 Å². The van der Waals surface area contributed by atoms with Crippen molar-refractivity contribution in [1.29, 1.82) is 0 Å². The maximum absolute atomic E-state index is 13.1. The van der Waals surface area contributed by atoms with Crippen LogP contribution in [0.2, 0.25) is 0 Å². The zero-order chi connectivity index (χ0) is 22.0. The summed E-state index contributed by atoms with van der Waals surface area (Å²) >= 11 is 0. The van der Waals surface area contributed by atoms with Gasteiger partial charge in [-0.1, -0.05) is 24.3 Å². The van der Waals surface area contributed by atoms with Crippen molar-refractivity contribution in [3.05, 3.63) is 83.2 Å². The molecule has 0 unspecified atom stereocenters. The molecule has 0 spiro atoms. The molecule has 1 aromatic heterocycles. The Kier molecular flexibility index (Phi) is 6.18. The van der Waals surface area contributed by atoms with Crippen molar-refractivity contribution in [3.8, 4) is 5.75 Å². The first-order valence-corrected chi connectivity index (χ1v) is 11.9. The average Bonchev–Trinajstić information content (AvgIpc) is 3.19. The van der Waals surface area contributed by atoms with Crippen molar-refractivity contribution >= 4 is 10.0 Å². The highest BCUT2D eigenvalue weighted by Gasteiger charge is 2.28. The van der Waals surface area contributed by atoms with Crippen LogP contribution in [-0.2, 0) is 30.0 Å². The summed E-state index contributed by atoms with van der Waals surface area (Å²) in [5.41, 5.74) is 4.43. The Labute approximate surface area is 184 Å². The van der Waals surface area contributed by atoms with Crippen molar-refractivity contribution in [3.63, 3.8) is 0 Å². The average molecular weight is 440 g/mol. The molecule has 1 aliphatic rings. The third-order valence-corrected chi connectivity index (χ3v) is 7.65. The third kappa shape index (κ3) is 4.54. The number of aromatic nitrogens is 1. The summed E-state index contributed by atoms with van der Waals surface area (Å²) in [6.45, 7) is 3.77. The highest BCUT2D eigenvalue weighted by molar-refractivity contribution is 7.89. The van der Waals surface area contributed by atoms with Crippen LogP contribution < -0.4 is 9.46 Å². The summed E-state index contributed by atoms with van der Waals surface area (Å²) in [7, 11) is -0.0814. The summed E-state index contributed by atoms with van der Waals surface area (Å²) in [5, 5.41) is 0. The van der Waals surface area contributed by atoms with E-state index in [1.165, 1.54) is 11.1 Å². The normalized spacial score (nSPS) is 15.5. The molecule has 0 saturated heterocycles. The van der Waals surface area contributed by atoms with Gasteiger partial charge in [-0.2, -0.15) is 0 Å². The smallest absolute Gasteiger partial charge is 0.240 e. The van der Waals surface area contributed by atoms with Crippen LogP contribution in [-0.4, -0.2) is 38.1 Å². The minimum absolute atomic E-state index is 0.0679. The largest absolute Gasteiger partial charge is 0.497 e. The Morgan fingerprint density at radius 1 is 1.10 bits per heavy atom. The van der Waals surface area contributed by atoms with Gasteiger partial charge in [0.15, 0.2) is 0 Å². The molecule has 4 rings (SSSR count). The van der Waals surface area contributed by atoms with E-state index in [0.29, 0.717) is 17.9 Å². The molecule has 2 aromatic carbocycles. The number of hydrogen-bond acceptors (Lipinski definition) is 4. The first-order valence-electron chi connectivity index (χ1n) is 10.5. The molecule has 7 heteroatoms. The maximum Gasteiger partial charge on any atom is 0.240 e. The van der Waals surface area contributed by atoms with E-state index in [-0.39, 0.29) is 10.9 Å². The molecule has 164 valence electrons.